The van der Waals surface area contributed by atoms with Crippen molar-refractivity contribution in [1.82, 2.24) is 5.23 Å². The van der Waals surface area contributed by atoms with Crippen molar-refractivity contribution < 1.29 is 19.2 Å². The summed E-state index contributed by atoms with van der Waals surface area (Å²) in [7, 11) is -4.64. The fraction of sp³-hybridized carbons (Fsp3) is 0. The van der Waals surface area contributed by atoms with Crippen molar-refractivity contribution in [3.05, 3.63) is 0 Å². The number of hydrogen-bond donors (Lipinski definition) is 6. The third-order valence-corrected chi connectivity index (χ3v) is 0. The molecule has 9 heavy (non-hydrogen) atoms. The highest BCUT2D eigenvalue weighted by Gasteiger charge is 2.00. The molecule has 0 aromatic heterocycles. The Balaban J connectivity index is 0. The standard InChI is InChI=1S/H6N4.H3O4P/c1-4(2)3;1-5(2,3)4/h1-3H2;(H3,1,2,3,4). The van der Waals surface area contributed by atoms with E-state index in [9.17, 15) is 0 Å². The van der Waals surface area contributed by atoms with Gasteiger partial charge >= 0.3 is 7.82 Å². The minimum atomic E-state index is -4.64. The van der Waals surface area contributed by atoms with Crippen LogP contribution in [-0.4, -0.2) is 19.9 Å². The minimum absolute atomic E-state index is 0.500. The molecule has 8 nitrogen and oxygen atoms in total. The van der Waals surface area contributed by atoms with Crippen molar-refractivity contribution >= 4 is 7.82 Å². The van der Waals surface area contributed by atoms with Crippen LogP contribution in [0.2, 0.25) is 0 Å². The van der Waals surface area contributed by atoms with Crippen molar-refractivity contribution in [3.63, 3.8) is 0 Å². The fourth-order valence-electron chi connectivity index (χ4n) is 0. The molecule has 0 fully saturated rings. The van der Waals surface area contributed by atoms with Gasteiger partial charge in [-0.3, -0.25) is 0 Å². The average Bonchev–Trinajstić information content (AvgIpc) is 1.19. The van der Waals surface area contributed by atoms with Crippen LogP contribution in [-0.2, 0) is 4.57 Å². The molecule has 0 spiro atoms. The molecule has 0 aromatic rings. The van der Waals surface area contributed by atoms with E-state index in [-0.39, 0.29) is 0 Å². The second kappa shape index (κ2) is 4.79. The summed E-state index contributed by atoms with van der Waals surface area (Å²) < 4.78 is 8.88. The molecule has 58 valence electrons. The molecule has 0 unspecified atom stereocenters. The van der Waals surface area contributed by atoms with Crippen LogP contribution < -0.4 is 17.5 Å². The predicted molar refractivity (Wildman–Crippen MR) is 28.7 cm³/mol. The van der Waals surface area contributed by atoms with Crippen molar-refractivity contribution in [2.45, 2.75) is 0 Å². The molecule has 9 heteroatoms. The van der Waals surface area contributed by atoms with E-state index in [1.807, 2.05) is 0 Å². The molecule has 0 atom stereocenters. The molecule has 9 N–H and O–H groups in total. The van der Waals surface area contributed by atoms with Gasteiger partial charge in [0.05, 0.1) is 0 Å². The van der Waals surface area contributed by atoms with Crippen LogP contribution in [0, 0.1) is 0 Å². The van der Waals surface area contributed by atoms with Crippen molar-refractivity contribution in [3.8, 4) is 0 Å². The zero-order chi connectivity index (χ0) is 8.08. The Morgan fingerprint density at radius 3 is 1.11 bits per heavy atom. The second-order valence-electron chi connectivity index (χ2n) is 0.960. The van der Waals surface area contributed by atoms with E-state index in [0.717, 1.165) is 0 Å². The van der Waals surface area contributed by atoms with E-state index >= 15 is 0 Å². The number of nitrogens with two attached hydrogens (primary N) is 3. The molecule has 0 bridgehead atoms. The lowest BCUT2D eigenvalue weighted by molar-refractivity contribution is 0.275. The summed E-state index contributed by atoms with van der Waals surface area (Å²) in [5, 5.41) is 0.500. The largest absolute Gasteiger partial charge is 0.466 e. The zero-order valence-corrected chi connectivity index (χ0v) is 5.27. The topological polar surface area (TPSA) is 159 Å². The second-order valence-corrected chi connectivity index (χ2v) is 1.99. The number of rotatable bonds is 0. The molecular weight excluding hydrogens is 151 g/mol. The minimum Gasteiger partial charge on any atom is -0.303 e. The summed E-state index contributed by atoms with van der Waals surface area (Å²) in [4.78, 5) is 21.6. The normalized spacial score (nSPS) is 10.6. The third-order valence-electron chi connectivity index (χ3n) is 0. The lowest BCUT2D eigenvalue weighted by atomic mass is 12.3. The monoisotopic (exact) mass is 160 g/mol. The van der Waals surface area contributed by atoms with Crippen molar-refractivity contribution in [2.75, 3.05) is 0 Å². The van der Waals surface area contributed by atoms with Crippen molar-refractivity contribution in [2.24, 2.45) is 17.5 Å². The summed E-state index contributed by atoms with van der Waals surface area (Å²) in [6.07, 6.45) is 0. The molecule has 0 saturated heterocycles. The van der Waals surface area contributed by atoms with Crippen LogP contribution >= 0.6 is 7.82 Å². The van der Waals surface area contributed by atoms with Crippen LogP contribution in [0.1, 0.15) is 0 Å². The molecule has 0 aliphatic carbocycles. The first kappa shape index (κ1) is 11.7. The summed E-state index contributed by atoms with van der Waals surface area (Å²) in [5.74, 6) is 13.5. The average molecular weight is 160 g/mol. The van der Waals surface area contributed by atoms with Gasteiger partial charge < -0.3 is 14.7 Å². The Morgan fingerprint density at radius 2 is 1.11 bits per heavy atom. The Kier molecular flexibility index (Phi) is 6.24. The van der Waals surface area contributed by atoms with E-state index in [0.29, 0.717) is 5.23 Å². The molecule has 0 aliphatic rings. The molecule has 0 heterocycles. The highest BCUT2D eigenvalue weighted by molar-refractivity contribution is 7.45. The van der Waals surface area contributed by atoms with Crippen LogP contribution in [0.15, 0.2) is 0 Å². The van der Waals surface area contributed by atoms with Crippen molar-refractivity contribution in [1.29, 1.82) is 0 Å². The lowest BCUT2D eigenvalue weighted by Gasteiger charge is -1.91. The SMILES string of the molecule is NN(N)N.O=P(O)(O)O. The number of hydrogen-bond acceptors (Lipinski definition) is 5. The van der Waals surface area contributed by atoms with Gasteiger partial charge in [-0.05, 0) is 0 Å². The van der Waals surface area contributed by atoms with Crippen LogP contribution in [0.5, 0.6) is 0 Å². The van der Waals surface area contributed by atoms with Gasteiger partial charge in [0.15, 0.2) is 0 Å². The number of hydrazine groups is 3. The maximum atomic E-state index is 8.88. The third kappa shape index (κ3) is 113000. The van der Waals surface area contributed by atoms with E-state index < -0.39 is 7.82 Å². The highest BCUT2D eigenvalue weighted by Crippen LogP contribution is 2.25. The Morgan fingerprint density at radius 1 is 1.11 bits per heavy atom. The quantitative estimate of drug-likeness (QED) is 0.124. The zero-order valence-electron chi connectivity index (χ0n) is 4.38. The highest BCUT2D eigenvalue weighted by atomic mass is 31.2. The lowest BCUT2D eigenvalue weighted by Crippen LogP contribution is -2.43. The smallest absolute Gasteiger partial charge is 0.303 e. The van der Waals surface area contributed by atoms with Crippen LogP contribution in [0.4, 0.5) is 0 Å². The van der Waals surface area contributed by atoms with Crippen LogP contribution in [0.3, 0.4) is 0 Å². The van der Waals surface area contributed by atoms with Gasteiger partial charge in [-0.15, -0.1) is 5.23 Å². The molecule has 0 aromatic carbocycles. The Bertz CT molecular complexity index is 83.7. The molecule has 0 rings (SSSR count). The van der Waals surface area contributed by atoms with E-state index in [1.54, 1.807) is 0 Å². The van der Waals surface area contributed by atoms with Gasteiger partial charge in [0.1, 0.15) is 0 Å². The first-order valence-electron chi connectivity index (χ1n) is 1.56. The maximum Gasteiger partial charge on any atom is 0.466 e. The van der Waals surface area contributed by atoms with E-state index in [4.69, 9.17) is 19.2 Å². The predicted octanol–water partition coefficient (Wildman–Crippen LogP) is -3.02. The van der Waals surface area contributed by atoms with Gasteiger partial charge in [0, 0.05) is 0 Å². The van der Waals surface area contributed by atoms with Gasteiger partial charge in [-0.1, -0.05) is 0 Å². The number of phosphoric acid groups is 1. The fourth-order valence-corrected chi connectivity index (χ4v) is 0. The first-order valence-corrected chi connectivity index (χ1v) is 3.12. The van der Waals surface area contributed by atoms with E-state index in [2.05, 4.69) is 17.5 Å². The van der Waals surface area contributed by atoms with Gasteiger partial charge in [0.25, 0.3) is 0 Å². The summed E-state index contributed by atoms with van der Waals surface area (Å²) in [5.41, 5.74) is 0. The van der Waals surface area contributed by atoms with Crippen LogP contribution in [0.25, 0.3) is 0 Å². The summed E-state index contributed by atoms with van der Waals surface area (Å²) >= 11 is 0. The molecule has 0 radical (unpaired) electrons. The molecule has 0 saturated carbocycles. The number of nitrogens with zero attached hydrogens (tertiary/aromatic N) is 1. The van der Waals surface area contributed by atoms with Gasteiger partial charge in [-0.25, -0.2) is 22.1 Å². The maximum absolute atomic E-state index is 8.88. The summed E-state index contributed by atoms with van der Waals surface area (Å²) in [6, 6.07) is 0. The molecular formula is H9N4O4P. The Labute approximate surface area is 51.0 Å². The van der Waals surface area contributed by atoms with Gasteiger partial charge in [-0.2, -0.15) is 0 Å². The van der Waals surface area contributed by atoms with E-state index in [1.165, 1.54) is 0 Å². The molecule has 0 amide bonds. The Hall–Kier alpha value is -0.0500. The first-order chi connectivity index (χ1) is 3.73. The molecule has 0 aliphatic heterocycles. The summed E-state index contributed by atoms with van der Waals surface area (Å²) in [6.45, 7) is 0. The van der Waals surface area contributed by atoms with Gasteiger partial charge in [0.2, 0.25) is 0 Å².